The second-order valence-corrected chi connectivity index (χ2v) is 8.32. The van der Waals surface area contributed by atoms with E-state index in [0.29, 0.717) is 0 Å². The highest BCUT2D eigenvalue weighted by molar-refractivity contribution is 5.79. The summed E-state index contributed by atoms with van der Waals surface area (Å²) in [5.74, 6) is 0. The van der Waals surface area contributed by atoms with Gasteiger partial charge in [-0.15, -0.1) is 0 Å². The van der Waals surface area contributed by atoms with Gasteiger partial charge in [-0.25, -0.2) is 0 Å². The van der Waals surface area contributed by atoms with Crippen molar-refractivity contribution >= 4 is 11.1 Å². The van der Waals surface area contributed by atoms with E-state index in [1.165, 1.54) is 51.8 Å². The van der Waals surface area contributed by atoms with Gasteiger partial charge in [0.15, 0.2) is 0 Å². The second kappa shape index (κ2) is 7.43. The van der Waals surface area contributed by atoms with Crippen molar-refractivity contribution in [3.8, 4) is 0 Å². The Balaban J connectivity index is 1.32. The average Bonchev–Trinajstić information content (AvgIpc) is 3.28. The molecule has 3 aliphatic carbocycles. The van der Waals surface area contributed by atoms with Crippen molar-refractivity contribution in [2.24, 2.45) is 0 Å². The molecule has 0 heteroatoms. The summed E-state index contributed by atoms with van der Waals surface area (Å²) >= 11 is 0. The molecule has 0 aliphatic heterocycles. The van der Waals surface area contributed by atoms with Crippen molar-refractivity contribution < 1.29 is 0 Å². The third-order valence-electron chi connectivity index (χ3n) is 6.45. The van der Waals surface area contributed by atoms with E-state index in [1.807, 2.05) is 0 Å². The van der Waals surface area contributed by atoms with Crippen LogP contribution in [0.1, 0.15) is 66.0 Å². The molecular formula is C28H28. The lowest BCUT2D eigenvalue weighted by molar-refractivity contribution is 1.04. The van der Waals surface area contributed by atoms with E-state index in [9.17, 15) is 0 Å². The van der Waals surface area contributed by atoms with Gasteiger partial charge >= 0.3 is 0 Å². The quantitative estimate of drug-likeness (QED) is 0.491. The van der Waals surface area contributed by atoms with Crippen LogP contribution in [0.4, 0.5) is 0 Å². The molecule has 3 aliphatic rings. The fourth-order valence-corrected chi connectivity index (χ4v) is 5.05. The van der Waals surface area contributed by atoms with Gasteiger partial charge in [0.1, 0.15) is 0 Å². The molecule has 0 spiro atoms. The lowest BCUT2D eigenvalue weighted by Gasteiger charge is -2.11. The van der Waals surface area contributed by atoms with Crippen molar-refractivity contribution in [2.45, 2.75) is 51.9 Å². The first-order valence-electron chi connectivity index (χ1n) is 10.7. The lowest BCUT2D eigenvalue weighted by Crippen LogP contribution is -1.94. The molecule has 0 amide bonds. The summed E-state index contributed by atoms with van der Waals surface area (Å²) in [7, 11) is 0. The lowest BCUT2D eigenvalue weighted by atomic mass is 9.94. The van der Waals surface area contributed by atoms with Gasteiger partial charge in [0.25, 0.3) is 0 Å². The zero-order valence-electron chi connectivity index (χ0n) is 16.8. The fraction of sp³-hybridized carbons (Fsp3) is 0.286. The molecule has 0 aromatic heterocycles. The normalized spacial score (nSPS) is 17.1. The molecule has 2 aromatic rings. The summed E-state index contributed by atoms with van der Waals surface area (Å²) < 4.78 is 0. The number of hydrogen-bond donors (Lipinski definition) is 0. The van der Waals surface area contributed by atoms with Crippen LogP contribution in [0.2, 0.25) is 0 Å². The van der Waals surface area contributed by atoms with Gasteiger partial charge in [0.05, 0.1) is 0 Å². The zero-order chi connectivity index (χ0) is 18.9. The third kappa shape index (κ3) is 3.22. The summed E-state index contributed by atoms with van der Waals surface area (Å²) in [5.41, 5.74) is 13.6. The molecule has 0 nitrogen and oxygen atoms in total. The van der Waals surface area contributed by atoms with Crippen LogP contribution in [0, 0.1) is 0 Å². The Morgan fingerprint density at radius 2 is 1.79 bits per heavy atom. The van der Waals surface area contributed by atoms with Crippen LogP contribution in [-0.4, -0.2) is 0 Å². The van der Waals surface area contributed by atoms with Crippen molar-refractivity contribution in [3.63, 3.8) is 0 Å². The average molecular weight is 365 g/mol. The van der Waals surface area contributed by atoms with Gasteiger partial charge in [-0.3, -0.25) is 0 Å². The molecule has 0 saturated carbocycles. The topological polar surface area (TPSA) is 0 Å². The Morgan fingerprint density at radius 3 is 2.64 bits per heavy atom. The maximum absolute atomic E-state index is 2.45. The fourth-order valence-electron chi connectivity index (χ4n) is 5.05. The van der Waals surface area contributed by atoms with E-state index in [0.717, 1.165) is 32.1 Å². The summed E-state index contributed by atoms with van der Waals surface area (Å²) in [4.78, 5) is 0. The molecule has 0 unspecified atom stereocenters. The minimum atomic E-state index is 1.04. The van der Waals surface area contributed by atoms with Crippen LogP contribution in [-0.2, 0) is 19.3 Å². The first-order chi connectivity index (χ1) is 13.8. The minimum absolute atomic E-state index is 1.04. The molecule has 140 valence electrons. The maximum atomic E-state index is 2.45. The summed E-state index contributed by atoms with van der Waals surface area (Å²) in [5, 5.41) is 0. The Kier molecular flexibility index (Phi) is 4.64. The van der Waals surface area contributed by atoms with Gasteiger partial charge in [-0.05, 0) is 102 Å². The van der Waals surface area contributed by atoms with Crippen LogP contribution in [0.25, 0.3) is 11.1 Å². The highest BCUT2D eigenvalue weighted by Crippen LogP contribution is 2.39. The minimum Gasteiger partial charge on any atom is -0.0917 e. The summed E-state index contributed by atoms with van der Waals surface area (Å²) in [6.07, 6.45) is 19.5. The van der Waals surface area contributed by atoms with E-state index in [4.69, 9.17) is 0 Å². The van der Waals surface area contributed by atoms with Gasteiger partial charge in [0.2, 0.25) is 0 Å². The number of benzene rings is 2. The van der Waals surface area contributed by atoms with Crippen LogP contribution >= 0.6 is 0 Å². The van der Waals surface area contributed by atoms with Crippen LogP contribution in [0.3, 0.4) is 0 Å². The Labute approximate surface area is 169 Å². The highest BCUT2D eigenvalue weighted by atomic mass is 14.3. The van der Waals surface area contributed by atoms with Crippen LogP contribution in [0.5, 0.6) is 0 Å². The Bertz CT molecular complexity index is 1040. The van der Waals surface area contributed by atoms with Crippen LogP contribution < -0.4 is 0 Å². The molecule has 0 N–H and O–H groups in total. The summed E-state index contributed by atoms with van der Waals surface area (Å²) in [6, 6.07) is 14.3. The molecule has 2 aromatic carbocycles. The smallest absolute Gasteiger partial charge is 0.00168 e. The summed E-state index contributed by atoms with van der Waals surface area (Å²) in [6.45, 7) is 2.10. The predicted octanol–water partition coefficient (Wildman–Crippen LogP) is 7.23. The van der Waals surface area contributed by atoms with Crippen molar-refractivity contribution in [2.75, 3.05) is 0 Å². The predicted molar refractivity (Wildman–Crippen MR) is 120 cm³/mol. The molecule has 0 bridgehead atoms. The van der Waals surface area contributed by atoms with Gasteiger partial charge in [-0.1, -0.05) is 66.8 Å². The number of allylic oxidation sites excluding steroid dienone is 8. The number of fused-ring (bicyclic) bond motifs is 3. The molecule has 0 atom stereocenters. The molecule has 0 saturated heterocycles. The van der Waals surface area contributed by atoms with E-state index in [1.54, 1.807) is 11.1 Å². The number of rotatable bonds is 5. The van der Waals surface area contributed by atoms with E-state index in [2.05, 4.69) is 73.7 Å². The standard InChI is InChI=1S/C28H28/c1-2-3-4-7-22-12-13-24-17-20(10-14-26(22)24)16-21-11-15-28-25(18-21)19-23-8-5-6-9-27(23)28/h2-3,5,8,10-12,14-15,17-18H,4,6-7,9,13,16,19H2,1H3/b3-2-. The zero-order valence-corrected chi connectivity index (χ0v) is 16.8. The first kappa shape index (κ1) is 17.5. The van der Waals surface area contributed by atoms with Crippen molar-refractivity contribution in [1.82, 2.24) is 0 Å². The molecule has 5 rings (SSSR count). The molecule has 0 radical (unpaired) electrons. The van der Waals surface area contributed by atoms with Gasteiger partial charge < -0.3 is 0 Å². The molecule has 28 heavy (non-hydrogen) atoms. The van der Waals surface area contributed by atoms with E-state index < -0.39 is 0 Å². The molecule has 0 fully saturated rings. The second-order valence-electron chi connectivity index (χ2n) is 8.32. The highest BCUT2D eigenvalue weighted by Gasteiger charge is 2.21. The van der Waals surface area contributed by atoms with Gasteiger partial charge in [0, 0.05) is 0 Å². The van der Waals surface area contributed by atoms with Crippen LogP contribution in [0.15, 0.2) is 72.4 Å². The largest absolute Gasteiger partial charge is 0.0917 e. The van der Waals surface area contributed by atoms with Crippen molar-refractivity contribution in [3.05, 3.63) is 106 Å². The SMILES string of the molecule is C/C=C\CCC1=CCc2cc(Cc3ccc4c(c3)CC3=C4CCC=C3)ccc21. The first-order valence-corrected chi connectivity index (χ1v) is 10.7. The maximum Gasteiger partial charge on any atom is -0.00168 e. The van der Waals surface area contributed by atoms with Crippen molar-refractivity contribution in [1.29, 1.82) is 0 Å². The van der Waals surface area contributed by atoms with E-state index >= 15 is 0 Å². The van der Waals surface area contributed by atoms with Gasteiger partial charge in [-0.2, -0.15) is 0 Å². The Hall–Kier alpha value is -2.60. The number of hydrogen-bond acceptors (Lipinski definition) is 0. The molecular weight excluding hydrogens is 336 g/mol. The van der Waals surface area contributed by atoms with E-state index in [-0.39, 0.29) is 0 Å². The Morgan fingerprint density at radius 1 is 0.964 bits per heavy atom. The monoisotopic (exact) mass is 364 g/mol. The third-order valence-corrected chi connectivity index (χ3v) is 6.45. The molecule has 0 heterocycles.